The monoisotopic (exact) mass is 508 g/mol. The van der Waals surface area contributed by atoms with Gasteiger partial charge in [0.1, 0.15) is 23.0 Å². The Morgan fingerprint density at radius 2 is 1.92 bits per heavy atom. The number of benzene rings is 1. The summed E-state index contributed by atoms with van der Waals surface area (Å²) >= 11 is 0. The van der Waals surface area contributed by atoms with Gasteiger partial charge in [-0.05, 0) is 25.0 Å². The highest BCUT2D eigenvalue weighted by Crippen LogP contribution is 2.37. The third kappa shape index (κ3) is 4.49. The molecule has 13 heteroatoms. The lowest BCUT2D eigenvalue weighted by atomic mass is 10.0. The molecule has 3 aliphatic rings. The fourth-order valence-corrected chi connectivity index (χ4v) is 5.03. The molecule has 0 saturated carbocycles. The average Bonchev–Trinajstić information content (AvgIpc) is 3.55. The second kappa shape index (κ2) is 9.65. The molecule has 13 nitrogen and oxygen atoms in total. The molecule has 37 heavy (non-hydrogen) atoms. The van der Waals surface area contributed by atoms with E-state index in [-0.39, 0.29) is 6.04 Å². The van der Waals surface area contributed by atoms with Gasteiger partial charge in [-0.15, -0.1) is 5.10 Å². The SMILES string of the molecule is COc1cc(N2CCOCC2)ccc1C1(N)NC(=NC2CCOCC2)c2c(n[nH]c2-c2cn(C)nn2)N1. The molecule has 6 rings (SSSR count). The number of hydrogen-bond acceptors (Lipinski definition) is 10. The number of anilines is 2. The third-order valence-electron chi connectivity index (χ3n) is 6.98. The average molecular weight is 509 g/mol. The third-order valence-corrected chi connectivity index (χ3v) is 6.98. The van der Waals surface area contributed by atoms with Gasteiger partial charge in [-0.2, -0.15) is 5.10 Å². The maximum atomic E-state index is 7.02. The highest BCUT2D eigenvalue weighted by Gasteiger charge is 2.40. The minimum Gasteiger partial charge on any atom is -0.496 e. The van der Waals surface area contributed by atoms with Crippen LogP contribution in [0.1, 0.15) is 24.0 Å². The Balaban J connectivity index is 1.40. The molecule has 196 valence electrons. The zero-order valence-electron chi connectivity index (χ0n) is 21.0. The van der Waals surface area contributed by atoms with Crippen molar-refractivity contribution in [3.8, 4) is 17.1 Å². The van der Waals surface area contributed by atoms with Crippen molar-refractivity contribution in [2.75, 3.05) is 56.8 Å². The molecule has 1 unspecified atom stereocenters. The largest absolute Gasteiger partial charge is 0.496 e. The Kier molecular flexibility index (Phi) is 6.18. The summed E-state index contributed by atoms with van der Waals surface area (Å²) in [6.45, 7) is 4.43. The molecular weight excluding hydrogens is 476 g/mol. The summed E-state index contributed by atoms with van der Waals surface area (Å²) < 4.78 is 18.5. The first-order valence-electron chi connectivity index (χ1n) is 12.5. The van der Waals surface area contributed by atoms with Crippen LogP contribution < -0.4 is 26.0 Å². The number of aliphatic imine (C=N–C) groups is 1. The molecule has 0 bridgehead atoms. The number of H-pyrrole nitrogens is 1. The number of hydrogen-bond donors (Lipinski definition) is 4. The maximum absolute atomic E-state index is 7.02. The van der Waals surface area contributed by atoms with E-state index in [0.717, 1.165) is 42.7 Å². The van der Waals surface area contributed by atoms with Crippen LogP contribution in [0, 0.1) is 0 Å². The molecule has 0 aliphatic carbocycles. The van der Waals surface area contributed by atoms with Crippen LogP contribution in [0.15, 0.2) is 29.4 Å². The minimum atomic E-state index is -1.22. The number of aryl methyl sites for hydroxylation is 1. The van der Waals surface area contributed by atoms with Gasteiger partial charge in [0.25, 0.3) is 0 Å². The molecule has 5 heterocycles. The summed E-state index contributed by atoms with van der Waals surface area (Å²) in [5.74, 6) is 0.648. The second-order valence-electron chi connectivity index (χ2n) is 9.46. The smallest absolute Gasteiger partial charge is 0.195 e. The number of nitrogens with zero attached hydrogens (tertiary/aromatic N) is 6. The number of nitrogens with one attached hydrogen (secondary N) is 3. The fourth-order valence-electron chi connectivity index (χ4n) is 5.03. The Morgan fingerprint density at radius 3 is 2.65 bits per heavy atom. The van der Waals surface area contributed by atoms with Crippen molar-refractivity contribution < 1.29 is 14.2 Å². The van der Waals surface area contributed by atoms with E-state index < -0.39 is 5.79 Å². The van der Waals surface area contributed by atoms with Crippen LogP contribution in [0.25, 0.3) is 11.4 Å². The topological polar surface area (TPSA) is 153 Å². The van der Waals surface area contributed by atoms with Crippen molar-refractivity contribution in [3.63, 3.8) is 0 Å². The van der Waals surface area contributed by atoms with Gasteiger partial charge in [-0.25, -0.2) is 0 Å². The summed E-state index contributed by atoms with van der Waals surface area (Å²) in [7, 11) is 3.47. The number of amidine groups is 1. The summed E-state index contributed by atoms with van der Waals surface area (Å²) in [6.07, 6.45) is 3.50. The number of aromatic amines is 1. The fraction of sp³-hybridized carbons (Fsp3) is 0.500. The zero-order valence-corrected chi connectivity index (χ0v) is 21.0. The molecule has 3 aliphatic heterocycles. The first-order chi connectivity index (χ1) is 18.0. The van der Waals surface area contributed by atoms with Gasteiger partial charge in [0.15, 0.2) is 11.6 Å². The van der Waals surface area contributed by atoms with E-state index in [9.17, 15) is 0 Å². The van der Waals surface area contributed by atoms with Crippen molar-refractivity contribution in [3.05, 3.63) is 35.5 Å². The minimum absolute atomic E-state index is 0.0987. The van der Waals surface area contributed by atoms with E-state index in [0.29, 0.717) is 55.2 Å². The molecule has 2 fully saturated rings. The molecule has 3 aromatic rings. The van der Waals surface area contributed by atoms with Crippen LogP contribution in [0.4, 0.5) is 11.5 Å². The first kappa shape index (κ1) is 23.7. The van der Waals surface area contributed by atoms with Crippen LogP contribution in [-0.2, 0) is 22.3 Å². The molecule has 2 aromatic heterocycles. The molecule has 2 saturated heterocycles. The predicted octanol–water partition coefficient (Wildman–Crippen LogP) is 0.760. The quantitative estimate of drug-likeness (QED) is 0.388. The van der Waals surface area contributed by atoms with Gasteiger partial charge in [-0.3, -0.25) is 20.5 Å². The molecule has 1 aromatic carbocycles. The van der Waals surface area contributed by atoms with Gasteiger partial charge in [-0.1, -0.05) is 5.21 Å². The number of aromatic nitrogens is 5. The summed E-state index contributed by atoms with van der Waals surface area (Å²) in [5, 5.41) is 22.9. The Labute approximate surface area is 214 Å². The number of fused-ring (bicyclic) bond motifs is 1. The van der Waals surface area contributed by atoms with Crippen molar-refractivity contribution in [1.29, 1.82) is 0 Å². The van der Waals surface area contributed by atoms with Gasteiger partial charge in [0, 0.05) is 45.1 Å². The molecule has 0 amide bonds. The normalized spacial score (nSPS) is 23.4. The number of methoxy groups -OCH3 is 1. The van der Waals surface area contributed by atoms with E-state index >= 15 is 0 Å². The standard InChI is InChI=1S/C24H32N10O3/c1-33-14-18(29-32-33)21-20-22(26-15-5-9-36-10-6-15)27-24(25,28-23(20)31-30-21)17-4-3-16(13-19(17)35-2)34-7-11-37-12-8-34/h3-4,13-15H,5-12,25H2,1-2H3,(H,26,27)(H2,28,30,31). The van der Waals surface area contributed by atoms with E-state index in [1.807, 2.05) is 25.4 Å². The van der Waals surface area contributed by atoms with E-state index in [1.165, 1.54) is 0 Å². The van der Waals surface area contributed by atoms with Crippen LogP contribution in [0.5, 0.6) is 5.75 Å². The summed E-state index contributed by atoms with van der Waals surface area (Å²) in [4.78, 5) is 7.37. The Hall–Kier alpha value is -3.68. The molecule has 5 N–H and O–H groups in total. The molecular formula is C24H32N10O3. The van der Waals surface area contributed by atoms with Crippen molar-refractivity contribution in [1.82, 2.24) is 30.5 Å². The summed E-state index contributed by atoms with van der Waals surface area (Å²) in [6, 6.07) is 6.15. The van der Waals surface area contributed by atoms with Crippen LogP contribution in [0.2, 0.25) is 0 Å². The second-order valence-corrected chi connectivity index (χ2v) is 9.46. The lowest BCUT2D eigenvalue weighted by molar-refractivity contribution is 0.0870. The number of nitrogens with two attached hydrogens (primary N) is 1. The maximum Gasteiger partial charge on any atom is 0.195 e. The Bertz CT molecular complexity index is 1290. The first-order valence-corrected chi connectivity index (χ1v) is 12.5. The van der Waals surface area contributed by atoms with E-state index in [2.05, 4.69) is 42.1 Å². The molecule has 0 spiro atoms. The van der Waals surface area contributed by atoms with Gasteiger partial charge >= 0.3 is 0 Å². The number of morpholine rings is 1. The highest BCUT2D eigenvalue weighted by molar-refractivity contribution is 6.09. The highest BCUT2D eigenvalue weighted by atomic mass is 16.5. The van der Waals surface area contributed by atoms with E-state index in [4.69, 9.17) is 24.9 Å². The van der Waals surface area contributed by atoms with Crippen molar-refractivity contribution >= 4 is 17.3 Å². The van der Waals surface area contributed by atoms with Gasteiger partial charge in [0.05, 0.1) is 43.7 Å². The van der Waals surface area contributed by atoms with Crippen LogP contribution in [-0.4, -0.2) is 83.7 Å². The predicted molar refractivity (Wildman–Crippen MR) is 138 cm³/mol. The number of rotatable bonds is 5. The van der Waals surface area contributed by atoms with Crippen molar-refractivity contribution in [2.24, 2.45) is 17.8 Å². The lowest BCUT2D eigenvalue weighted by Gasteiger charge is -2.39. The van der Waals surface area contributed by atoms with Gasteiger partial charge in [0.2, 0.25) is 0 Å². The molecule has 1 atom stereocenters. The van der Waals surface area contributed by atoms with E-state index in [1.54, 1.807) is 11.8 Å². The summed E-state index contributed by atoms with van der Waals surface area (Å²) in [5.41, 5.74) is 11.0. The van der Waals surface area contributed by atoms with Crippen LogP contribution >= 0.6 is 0 Å². The van der Waals surface area contributed by atoms with Crippen molar-refractivity contribution in [2.45, 2.75) is 24.7 Å². The Morgan fingerprint density at radius 1 is 1.14 bits per heavy atom. The zero-order chi connectivity index (χ0) is 25.4. The van der Waals surface area contributed by atoms with Crippen LogP contribution in [0.3, 0.4) is 0 Å². The van der Waals surface area contributed by atoms with Gasteiger partial charge < -0.3 is 29.7 Å². The molecule has 0 radical (unpaired) electrons. The lowest BCUT2D eigenvalue weighted by Crippen LogP contribution is -2.61. The number of ether oxygens (including phenoxy) is 3.